The van der Waals surface area contributed by atoms with Gasteiger partial charge in [0.05, 0.1) is 24.9 Å². The third kappa shape index (κ3) is 7.79. The van der Waals surface area contributed by atoms with Gasteiger partial charge < -0.3 is 14.8 Å². The lowest BCUT2D eigenvalue weighted by atomic mass is 10.1. The Hall–Kier alpha value is -3.98. The van der Waals surface area contributed by atoms with Crippen LogP contribution >= 0.6 is 15.9 Å². The monoisotopic (exact) mass is 537 g/mol. The van der Waals surface area contributed by atoms with Crippen molar-refractivity contribution in [2.24, 2.45) is 5.10 Å². The van der Waals surface area contributed by atoms with Crippen molar-refractivity contribution in [3.05, 3.63) is 93.5 Å². The van der Waals surface area contributed by atoms with Crippen molar-refractivity contribution in [3.63, 3.8) is 0 Å². The molecule has 0 saturated carbocycles. The van der Waals surface area contributed by atoms with Crippen LogP contribution in [0, 0.1) is 6.92 Å². The molecule has 8 nitrogen and oxygen atoms in total. The zero-order valence-electron chi connectivity index (χ0n) is 19.2. The molecule has 2 amide bonds. The number of hydrazone groups is 1. The number of carbonyl (C=O) groups is 3. The summed E-state index contributed by atoms with van der Waals surface area (Å²) < 4.78 is 11.6. The molecule has 0 unspecified atom stereocenters. The molecular weight excluding hydrogens is 514 g/mol. The van der Waals surface area contributed by atoms with Gasteiger partial charge >= 0.3 is 5.97 Å². The fraction of sp³-hybridized carbons (Fsp3) is 0.154. The van der Waals surface area contributed by atoms with Gasteiger partial charge in [-0.15, -0.1) is 0 Å². The lowest BCUT2D eigenvalue weighted by molar-refractivity contribution is -0.120. The van der Waals surface area contributed by atoms with Crippen molar-refractivity contribution in [2.45, 2.75) is 13.8 Å². The number of carbonyl (C=O) groups excluding carboxylic acids is 3. The molecule has 2 N–H and O–H groups in total. The molecular formula is C26H24BrN3O5. The molecule has 0 saturated heterocycles. The number of rotatable bonds is 9. The molecule has 0 heterocycles. The SMILES string of the molecule is CCOc1ccc(C(=O)NCC(=O)N/N=C\c2cc(Br)ccc2OC(=O)c2ccc(C)cc2)cc1. The van der Waals surface area contributed by atoms with Crippen molar-refractivity contribution in [1.82, 2.24) is 10.7 Å². The molecule has 9 heteroatoms. The Morgan fingerprint density at radius 3 is 2.34 bits per heavy atom. The summed E-state index contributed by atoms with van der Waals surface area (Å²) in [4.78, 5) is 36.8. The van der Waals surface area contributed by atoms with Crippen LogP contribution in [0.1, 0.15) is 38.8 Å². The molecule has 180 valence electrons. The first-order valence-electron chi connectivity index (χ1n) is 10.8. The Kier molecular flexibility index (Phi) is 9.14. The van der Waals surface area contributed by atoms with Crippen LogP contribution in [-0.2, 0) is 4.79 Å². The fourth-order valence-corrected chi connectivity index (χ4v) is 3.29. The van der Waals surface area contributed by atoms with Crippen molar-refractivity contribution < 1.29 is 23.9 Å². The number of esters is 1. The van der Waals surface area contributed by atoms with Gasteiger partial charge in [0.1, 0.15) is 11.5 Å². The third-order valence-electron chi connectivity index (χ3n) is 4.69. The number of halogens is 1. The van der Waals surface area contributed by atoms with Crippen LogP contribution in [0.3, 0.4) is 0 Å². The molecule has 0 atom stereocenters. The summed E-state index contributed by atoms with van der Waals surface area (Å²) in [5.74, 6) is -0.491. The maximum absolute atomic E-state index is 12.5. The van der Waals surface area contributed by atoms with E-state index >= 15 is 0 Å². The van der Waals surface area contributed by atoms with Crippen molar-refractivity contribution in [1.29, 1.82) is 0 Å². The van der Waals surface area contributed by atoms with E-state index in [0.717, 1.165) is 10.0 Å². The second-order valence-corrected chi connectivity index (χ2v) is 8.29. The van der Waals surface area contributed by atoms with Crippen LogP contribution in [-0.4, -0.2) is 37.1 Å². The summed E-state index contributed by atoms with van der Waals surface area (Å²) in [6.07, 6.45) is 1.36. The summed E-state index contributed by atoms with van der Waals surface area (Å²) in [6, 6.07) is 18.7. The maximum Gasteiger partial charge on any atom is 0.343 e. The number of amides is 2. The summed E-state index contributed by atoms with van der Waals surface area (Å²) in [6.45, 7) is 4.06. The average Bonchev–Trinajstić information content (AvgIpc) is 2.85. The van der Waals surface area contributed by atoms with Crippen molar-refractivity contribution in [2.75, 3.05) is 13.2 Å². The second kappa shape index (κ2) is 12.5. The van der Waals surface area contributed by atoms with Crippen molar-refractivity contribution >= 4 is 39.9 Å². The van der Waals surface area contributed by atoms with Crippen LogP contribution in [0.4, 0.5) is 0 Å². The van der Waals surface area contributed by atoms with Crippen molar-refractivity contribution in [3.8, 4) is 11.5 Å². The molecule has 0 aromatic heterocycles. The molecule has 3 aromatic carbocycles. The number of ether oxygens (including phenoxy) is 2. The van der Waals surface area contributed by atoms with Gasteiger partial charge in [-0.2, -0.15) is 5.10 Å². The Labute approximate surface area is 211 Å². The third-order valence-corrected chi connectivity index (χ3v) is 5.18. The van der Waals surface area contributed by atoms with Crippen LogP contribution in [0.2, 0.25) is 0 Å². The lowest BCUT2D eigenvalue weighted by Crippen LogP contribution is -2.34. The van der Waals surface area contributed by atoms with Gasteiger partial charge in [-0.1, -0.05) is 33.6 Å². The largest absolute Gasteiger partial charge is 0.494 e. The topological polar surface area (TPSA) is 106 Å². The normalized spacial score (nSPS) is 10.6. The predicted molar refractivity (Wildman–Crippen MR) is 136 cm³/mol. The van der Waals surface area contributed by atoms with E-state index < -0.39 is 17.8 Å². The highest BCUT2D eigenvalue weighted by Gasteiger charge is 2.12. The van der Waals surface area contributed by atoms with Crippen LogP contribution in [0.15, 0.2) is 76.3 Å². The highest BCUT2D eigenvalue weighted by atomic mass is 79.9. The highest BCUT2D eigenvalue weighted by Crippen LogP contribution is 2.23. The minimum absolute atomic E-state index is 0.267. The zero-order chi connectivity index (χ0) is 25.2. The van der Waals surface area contributed by atoms with Gasteiger partial charge in [0.2, 0.25) is 0 Å². The van der Waals surface area contributed by atoms with Gasteiger partial charge in [0.25, 0.3) is 11.8 Å². The molecule has 0 aliphatic carbocycles. The van der Waals surface area contributed by atoms with Gasteiger partial charge in [-0.3, -0.25) is 9.59 Å². The summed E-state index contributed by atoms with van der Waals surface area (Å²) in [5.41, 5.74) is 4.66. The first-order chi connectivity index (χ1) is 16.9. The first-order valence-corrected chi connectivity index (χ1v) is 11.6. The predicted octanol–water partition coefficient (Wildman–Crippen LogP) is 4.26. The molecule has 0 radical (unpaired) electrons. The molecule has 0 aliphatic heterocycles. The number of aryl methyl sites for hydroxylation is 1. The van der Waals surface area contributed by atoms with E-state index in [1.165, 1.54) is 6.21 Å². The molecule has 0 spiro atoms. The standard InChI is InChI=1S/C26H24BrN3O5/c1-3-34-22-11-8-18(9-12-22)25(32)28-16-24(31)30-29-15-20-14-21(27)10-13-23(20)35-26(33)19-6-4-17(2)5-7-19/h4-15H,3,16H2,1-2H3,(H,28,32)(H,30,31)/b29-15-. The summed E-state index contributed by atoms with van der Waals surface area (Å²) >= 11 is 3.37. The average molecular weight is 538 g/mol. The van der Waals surface area contributed by atoms with Gasteiger partial charge in [-0.05, 0) is 68.4 Å². The zero-order valence-corrected chi connectivity index (χ0v) is 20.8. The molecule has 0 fully saturated rings. The summed E-state index contributed by atoms with van der Waals surface area (Å²) in [5, 5.41) is 6.44. The Morgan fingerprint density at radius 2 is 1.66 bits per heavy atom. The minimum Gasteiger partial charge on any atom is -0.494 e. The minimum atomic E-state index is -0.520. The summed E-state index contributed by atoms with van der Waals surface area (Å²) in [7, 11) is 0. The van der Waals surface area contributed by atoms with Crippen LogP contribution in [0.25, 0.3) is 0 Å². The number of hydrogen-bond acceptors (Lipinski definition) is 6. The quantitative estimate of drug-likeness (QED) is 0.183. The molecule has 35 heavy (non-hydrogen) atoms. The van der Waals surface area contributed by atoms with Gasteiger partial charge in [0, 0.05) is 15.6 Å². The maximum atomic E-state index is 12.5. The van der Waals surface area contributed by atoms with E-state index in [-0.39, 0.29) is 12.3 Å². The lowest BCUT2D eigenvalue weighted by Gasteiger charge is -2.08. The fourth-order valence-electron chi connectivity index (χ4n) is 2.91. The van der Waals surface area contributed by atoms with Gasteiger partial charge in [-0.25, -0.2) is 10.2 Å². The smallest absolute Gasteiger partial charge is 0.343 e. The van der Waals surface area contributed by atoms with Gasteiger partial charge in [0.15, 0.2) is 0 Å². The number of benzene rings is 3. The number of nitrogens with zero attached hydrogens (tertiary/aromatic N) is 1. The molecule has 0 bridgehead atoms. The van der Waals surface area contributed by atoms with Crippen LogP contribution in [0.5, 0.6) is 11.5 Å². The van der Waals surface area contributed by atoms with Crippen LogP contribution < -0.4 is 20.2 Å². The van der Waals surface area contributed by atoms with E-state index in [2.05, 4.69) is 31.8 Å². The Bertz CT molecular complexity index is 1220. The van der Waals surface area contributed by atoms with E-state index in [1.807, 2.05) is 26.0 Å². The Morgan fingerprint density at radius 1 is 0.971 bits per heavy atom. The molecule has 3 aromatic rings. The second-order valence-electron chi connectivity index (χ2n) is 7.37. The Balaban J connectivity index is 1.55. The van der Waals surface area contributed by atoms with E-state index in [9.17, 15) is 14.4 Å². The highest BCUT2D eigenvalue weighted by molar-refractivity contribution is 9.10. The number of nitrogens with one attached hydrogen (secondary N) is 2. The first kappa shape index (κ1) is 25.6. The van der Waals surface area contributed by atoms with E-state index in [1.54, 1.807) is 54.6 Å². The molecule has 0 aliphatic rings. The number of hydrogen-bond donors (Lipinski definition) is 2. The van der Waals surface area contributed by atoms with E-state index in [0.29, 0.717) is 29.0 Å². The van der Waals surface area contributed by atoms with E-state index in [4.69, 9.17) is 9.47 Å². The molecule has 3 rings (SSSR count).